The zero-order valence-corrected chi connectivity index (χ0v) is 27.2. The molecule has 0 radical (unpaired) electrons. The third-order valence-corrected chi connectivity index (χ3v) is 8.27. The highest BCUT2D eigenvalue weighted by atomic mass is 32.1. The lowest BCUT2D eigenvalue weighted by Gasteiger charge is -2.24. The van der Waals surface area contributed by atoms with E-state index in [0.717, 1.165) is 37.0 Å². The van der Waals surface area contributed by atoms with Crippen LogP contribution < -0.4 is 19.1 Å². The molecule has 1 saturated heterocycles. The van der Waals surface area contributed by atoms with Crippen molar-refractivity contribution >= 4 is 39.9 Å². The van der Waals surface area contributed by atoms with Crippen LogP contribution in [0.3, 0.4) is 0 Å². The molecule has 240 valence electrons. The monoisotopic (exact) mass is 636 g/mol. The lowest BCUT2D eigenvalue weighted by molar-refractivity contribution is -0.132. The molecule has 2 heterocycles. The quantitative estimate of drug-likeness (QED) is 0.0617. The molecule has 0 unspecified atom stereocenters. The Balaban J connectivity index is 1.85. The predicted molar refractivity (Wildman–Crippen MR) is 172 cm³/mol. The highest BCUT2D eigenvalue weighted by Gasteiger charge is 2.48. The smallest absolute Gasteiger partial charge is 0.350 e. The van der Waals surface area contributed by atoms with Gasteiger partial charge in [-0.05, 0) is 75.6 Å². The summed E-state index contributed by atoms with van der Waals surface area (Å²) in [7, 11) is 0. The average molecular weight is 637 g/mol. The van der Waals surface area contributed by atoms with Crippen LogP contribution in [0, 0.1) is 6.92 Å². The molecular weight excluding hydrogens is 596 g/mol. The number of hydrogen-bond acceptors (Lipinski definition) is 10. The predicted octanol–water partition coefficient (Wildman–Crippen LogP) is 7.01. The fourth-order valence-corrected chi connectivity index (χ4v) is 5.81. The topological polar surface area (TPSA) is 124 Å². The second kappa shape index (κ2) is 15.6. The summed E-state index contributed by atoms with van der Waals surface area (Å²) in [6.07, 6.45) is 3.73. The van der Waals surface area contributed by atoms with Gasteiger partial charge in [-0.2, -0.15) is 0 Å². The third-order valence-electron chi connectivity index (χ3n) is 7.13. The first kappa shape index (κ1) is 33.5. The Morgan fingerprint density at radius 1 is 0.911 bits per heavy atom. The van der Waals surface area contributed by atoms with Crippen LogP contribution in [-0.2, 0) is 14.3 Å². The number of ether oxygens (including phenoxy) is 4. The zero-order chi connectivity index (χ0) is 32.5. The first-order valence-electron chi connectivity index (χ1n) is 15.3. The number of Topliss-reactive ketones (excluding diaryl/α,β-unsaturated/α-hetero) is 1. The highest BCUT2D eigenvalue weighted by molar-refractivity contribution is 7.17. The van der Waals surface area contributed by atoms with Crippen molar-refractivity contribution in [3.05, 3.63) is 69.7 Å². The van der Waals surface area contributed by atoms with Gasteiger partial charge in [0.1, 0.15) is 16.4 Å². The van der Waals surface area contributed by atoms with E-state index in [1.54, 1.807) is 56.3 Å². The molecule has 45 heavy (non-hydrogen) atoms. The lowest BCUT2D eigenvalue weighted by Crippen LogP contribution is -2.29. The van der Waals surface area contributed by atoms with Crippen LogP contribution in [0.4, 0.5) is 5.13 Å². The SMILES string of the molecule is CCCCOc1ccc(C(O)=C2C(=O)C(=O)N(c3nc(C)c(C(=O)OCC)s3)[C@H]2c2ccc(OCCCC)c(OCC)c2)cc1. The van der Waals surface area contributed by atoms with Crippen molar-refractivity contribution in [2.24, 2.45) is 0 Å². The molecule has 2 aromatic carbocycles. The van der Waals surface area contributed by atoms with E-state index in [0.29, 0.717) is 53.9 Å². The Morgan fingerprint density at radius 3 is 2.24 bits per heavy atom. The number of ketones is 1. The van der Waals surface area contributed by atoms with Crippen molar-refractivity contribution in [2.45, 2.75) is 66.3 Å². The van der Waals surface area contributed by atoms with E-state index in [2.05, 4.69) is 18.8 Å². The van der Waals surface area contributed by atoms with E-state index in [-0.39, 0.29) is 27.9 Å². The number of amides is 1. The number of carbonyl (C=O) groups is 3. The maximum atomic E-state index is 13.7. The Kier molecular flexibility index (Phi) is 11.6. The number of nitrogens with zero attached hydrogens (tertiary/aromatic N) is 2. The van der Waals surface area contributed by atoms with Gasteiger partial charge in [-0.25, -0.2) is 9.78 Å². The maximum Gasteiger partial charge on any atom is 0.350 e. The Bertz CT molecular complexity index is 1550. The van der Waals surface area contributed by atoms with Gasteiger partial charge >= 0.3 is 11.9 Å². The van der Waals surface area contributed by atoms with E-state index in [9.17, 15) is 19.5 Å². The van der Waals surface area contributed by atoms with Gasteiger partial charge in [0.15, 0.2) is 16.6 Å². The van der Waals surface area contributed by atoms with Crippen LogP contribution in [0.25, 0.3) is 5.76 Å². The number of rotatable bonds is 15. The largest absolute Gasteiger partial charge is 0.507 e. The highest BCUT2D eigenvalue weighted by Crippen LogP contribution is 2.45. The number of benzene rings is 2. The number of esters is 1. The molecule has 11 heteroatoms. The van der Waals surface area contributed by atoms with Crippen LogP contribution in [0.15, 0.2) is 48.0 Å². The van der Waals surface area contributed by atoms with E-state index in [1.807, 2.05) is 6.92 Å². The molecule has 1 atom stereocenters. The maximum absolute atomic E-state index is 13.7. The number of unbranched alkanes of at least 4 members (excludes halogenated alkanes) is 2. The van der Waals surface area contributed by atoms with Crippen LogP contribution in [-0.4, -0.2) is 54.2 Å². The fourth-order valence-electron chi connectivity index (χ4n) is 4.82. The van der Waals surface area contributed by atoms with Gasteiger partial charge in [-0.1, -0.05) is 44.1 Å². The number of thiazole rings is 1. The molecule has 10 nitrogen and oxygen atoms in total. The van der Waals surface area contributed by atoms with Crippen molar-refractivity contribution in [3.63, 3.8) is 0 Å². The summed E-state index contributed by atoms with van der Waals surface area (Å²) in [5.41, 5.74) is 1.08. The Hall–Kier alpha value is -4.38. The lowest BCUT2D eigenvalue weighted by atomic mass is 9.95. The van der Waals surface area contributed by atoms with Crippen molar-refractivity contribution in [2.75, 3.05) is 31.3 Å². The number of aliphatic hydroxyl groups excluding tert-OH is 1. The van der Waals surface area contributed by atoms with Crippen molar-refractivity contribution in [1.29, 1.82) is 0 Å². The van der Waals surface area contributed by atoms with Gasteiger partial charge in [0.2, 0.25) is 0 Å². The molecule has 1 amide bonds. The molecule has 1 aromatic heterocycles. The molecule has 1 aliphatic heterocycles. The van der Waals surface area contributed by atoms with Crippen LogP contribution in [0.5, 0.6) is 17.2 Å². The molecule has 0 aliphatic carbocycles. The minimum absolute atomic E-state index is 0.118. The summed E-state index contributed by atoms with van der Waals surface area (Å²) in [6.45, 7) is 10.9. The number of aryl methyl sites for hydroxylation is 1. The molecule has 0 bridgehead atoms. The van der Waals surface area contributed by atoms with Crippen LogP contribution in [0.2, 0.25) is 0 Å². The van der Waals surface area contributed by atoms with Gasteiger partial charge in [0.05, 0.1) is 43.7 Å². The van der Waals surface area contributed by atoms with E-state index < -0.39 is 23.7 Å². The average Bonchev–Trinajstić information content (AvgIpc) is 3.54. The molecule has 3 aromatic rings. The molecule has 0 saturated carbocycles. The van der Waals surface area contributed by atoms with Crippen molar-refractivity contribution in [1.82, 2.24) is 4.98 Å². The summed E-state index contributed by atoms with van der Waals surface area (Å²) in [6, 6.07) is 10.8. The number of aromatic nitrogens is 1. The number of aliphatic hydroxyl groups is 1. The fraction of sp³-hybridized carbons (Fsp3) is 0.412. The molecule has 1 fully saturated rings. The van der Waals surface area contributed by atoms with Crippen LogP contribution in [0.1, 0.15) is 85.9 Å². The van der Waals surface area contributed by atoms with Gasteiger partial charge in [0.25, 0.3) is 5.78 Å². The molecule has 0 spiro atoms. The molecule has 4 rings (SSSR count). The Morgan fingerprint density at radius 2 is 1.60 bits per heavy atom. The van der Waals surface area contributed by atoms with Gasteiger partial charge < -0.3 is 24.1 Å². The minimum atomic E-state index is -1.07. The summed E-state index contributed by atoms with van der Waals surface area (Å²) in [5, 5.41) is 11.7. The second-order valence-corrected chi connectivity index (χ2v) is 11.3. The normalized spacial score (nSPS) is 15.8. The number of carbonyl (C=O) groups excluding carboxylic acids is 3. The summed E-state index contributed by atoms with van der Waals surface area (Å²) in [4.78, 5) is 46.0. The van der Waals surface area contributed by atoms with Crippen LogP contribution >= 0.6 is 11.3 Å². The first-order valence-corrected chi connectivity index (χ1v) is 16.1. The van der Waals surface area contributed by atoms with E-state index in [1.165, 1.54) is 4.90 Å². The van der Waals surface area contributed by atoms with E-state index in [4.69, 9.17) is 18.9 Å². The number of anilines is 1. The first-order chi connectivity index (χ1) is 21.7. The minimum Gasteiger partial charge on any atom is -0.507 e. The van der Waals surface area contributed by atoms with Gasteiger partial charge in [-0.3, -0.25) is 14.5 Å². The summed E-state index contributed by atoms with van der Waals surface area (Å²) >= 11 is 0.952. The van der Waals surface area contributed by atoms with Gasteiger partial charge in [0, 0.05) is 5.56 Å². The summed E-state index contributed by atoms with van der Waals surface area (Å²) < 4.78 is 22.8. The Labute approximate surface area is 267 Å². The molecule has 1 N–H and O–H groups in total. The standard InChI is InChI=1S/C34H40N2O8S/c1-6-10-18-43-24-15-12-22(13-16-24)29(37)27-28(23-14-17-25(44-19-11-7-2)26(20-23)41-8-3)36(32(39)30(27)38)34-35-21(5)31(45-34)33(40)42-9-4/h12-17,20,28,37H,6-11,18-19H2,1-5H3/t28-/m0/s1. The third kappa shape index (κ3) is 7.47. The van der Waals surface area contributed by atoms with Crippen molar-refractivity contribution < 1.29 is 38.4 Å². The summed E-state index contributed by atoms with van der Waals surface area (Å²) in [5.74, 6) is -1.09. The molecule has 1 aliphatic rings. The van der Waals surface area contributed by atoms with Crippen molar-refractivity contribution in [3.8, 4) is 17.2 Å². The van der Waals surface area contributed by atoms with Gasteiger partial charge in [-0.15, -0.1) is 0 Å². The van der Waals surface area contributed by atoms with E-state index >= 15 is 0 Å². The molecular formula is C34H40N2O8S. The zero-order valence-electron chi connectivity index (χ0n) is 26.4. The number of hydrogen-bond donors (Lipinski definition) is 1. The second-order valence-electron chi connectivity index (χ2n) is 10.4.